The summed E-state index contributed by atoms with van der Waals surface area (Å²) in [6.07, 6.45) is 1.49. The van der Waals surface area contributed by atoms with Crippen LogP contribution < -0.4 is 10.1 Å². The van der Waals surface area contributed by atoms with Gasteiger partial charge in [0.05, 0.1) is 18.2 Å². The van der Waals surface area contributed by atoms with E-state index in [0.29, 0.717) is 17.7 Å². The SMILES string of the molecule is C=CCN1C(=O)c2ccc(C(=O)NCc3ccc(OC)cc3)cc2C1=O. The summed E-state index contributed by atoms with van der Waals surface area (Å²) in [6.45, 7) is 4.03. The maximum absolute atomic E-state index is 12.4. The molecule has 1 aliphatic heterocycles. The molecular formula is C20H18N2O4. The molecule has 2 aromatic rings. The van der Waals surface area contributed by atoms with E-state index in [1.807, 2.05) is 24.3 Å². The van der Waals surface area contributed by atoms with Crippen molar-refractivity contribution in [2.75, 3.05) is 13.7 Å². The highest BCUT2D eigenvalue weighted by Crippen LogP contribution is 2.24. The number of benzene rings is 2. The summed E-state index contributed by atoms with van der Waals surface area (Å²) in [5.41, 5.74) is 1.81. The molecule has 1 aliphatic rings. The summed E-state index contributed by atoms with van der Waals surface area (Å²) in [7, 11) is 1.59. The highest BCUT2D eigenvalue weighted by atomic mass is 16.5. The predicted octanol–water partition coefficient (Wildman–Crippen LogP) is 2.41. The van der Waals surface area contributed by atoms with Crippen LogP contribution in [0, 0.1) is 0 Å². The van der Waals surface area contributed by atoms with Gasteiger partial charge in [-0.15, -0.1) is 6.58 Å². The van der Waals surface area contributed by atoms with E-state index in [2.05, 4.69) is 11.9 Å². The normalized spacial score (nSPS) is 12.7. The number of carbonyl (C=O) groups excluding carboxylic acids is 3. The van der Waals surface area contributed by atoms with Crippen LogP contribution in [0.4, 0.5) is 0 Å². The minimum absolute atomic E-state index is 0.144. The quantitative estimate of drug-likeness (QED) is 0.641. The molecule has 0 radical (unpaired) electrons. The molecule has 2 aromatic carbocycles. The number of nitrogens with one attached hydrogen (secondary N) is 1. The van der Waals surface area contributed by atoms with Crippen LogP contribution in [0.3, 0.4) is 0 Å². The van der Waals surface area contributed by atoms with Crippen molar-refractivity contribution < 1.29 is 19.1 Å². The maximum Gasteiger partial charge on any atom is 0.261 e. The summed E-state index contributed by atoms with van der Waals surface area (Å²) in [4.78, 5) is 38.0. The fourth-order valence-corrected chi connectivity index (χ4v) is 2.75. The Morgan fingerprint density at radius 3 is 2.46 bits per heavy atom. The third-order valence-corrected chi connectivity index (χ3v) is 4.16. The van der Waals surface area contributed by atoms with Crippen molar-refractivity contribution in [1.82, 2.24) is 10.2 Å². The number of nitrogens with zero attached hydrogens (tertiary/aromatic N) is 1. The molecule has 6 heteroatoms. The first kappa shape index (κ1) is 17.4. The Morgan fingerprint density at radius 2 is 1.81 bits per heavy atom. The van der Waals surface area contributed by atoms with E-state index in [-0.39, 0.29) is 23.9 Å². The van der Waals surface area contributed by atoms with Gasteiger partial charge in [0.2, 0.25) is 0 Å². The molecule has 3 rings (SSSR count). The largest absolute Gasteiger partial charge is 0.497 e. The third kappa shape index (κ3) is 3.21. The van der Waals surface area contributed by atoms with Crippen LogP contribution in [0.15, 0.2) is 55.1 Å². The molecular weight excluding hydrogens is 332 g/mol. The number of methoxy groups -OCH3 is 1. The Kier molecular flexibility index (Phi) is 4.84. The number of hydrogen-bond donors (Lipinski definition) is 1. The van der Waals surface area contributed by atoms with E-state index in [4.69, 9.17) is 4.74 Å². The average Bonchev–Trinajstić information content (AvgIpc) is 2.91. The van der Waals surface area contributed by atoms with Gasteiger partial charge in [0.1, 0.15) is 5.75 Å². The van der Waals surface area contributed by atoms with Crippen LogP contribution in [-0.4, -0.2) is 36.3 Å². The second-order valence-electron chi connectivity index (χ2n) is 5.80. The fraction of sp³-hybridized carbons (Fsp3) is 0.150. The fourth-order valence-electron chi connectivity index (χ4n) is 2.75. The Hall–Kier alpha value is -3.41. The van der Waals surface area contributed by atoms with Crippen LogP contribution in [0.25, 0.3) is 0 Å². The Bertz CT molecular complexity index is 887. The van der Waals surface area contributed by atoms with Crippen LogP contribution in [0.5, 0.6) is 5.75 Å². The predicted molar refractivity (Wildman–Crippen MR) is 96.2 cm³/mol. The molecule has 0 saturated carbocycles. The summed E-state index contributed by atoms with van der Waals surface area (Å²) >= 11 is 0. The van der Waals surface area contributed by atoms with Gasteiger partial charge in [0, 0.05) is 18.7 Å². The highest BCUT2D eigenvalue weighted by molar-refractivity contribution is 6.22. The smallest absolute Gasteiger partial charge is 0.261 e. The number of carbonyl (C=O) groups is 3. The van der Waals surface area contributed by atoms with Crippen LogP contribution in [-0.2, 0) is 6.54 Å². The molecule has 0 fully saturated rings. The number of rotatable bonds is 6. The second kappa shape index (κ2) is 7.23. The molecule has 0 bridgehead atoms. The minimum Gasteiger partial charge on any atom is -0.497 e. The highest BCUT2D eigenvalue weighted by Gasteiger charge is 2.35. The van der Waals surface area contributed by atoms with Crippen LogP contribution >= 0.6 is 0 Å². The molecule has 26 heavy (non-hydrogen) atoms. The zero-order valence-electron chi connectivity index (χ0n) is 14.3. The molecule has 0 unspecified atom stereocenters. The first-order valence-electron chi connectivity index (χ1n) is 8.07. The van der Waals surface area contributed by atoms with Crippen molar-refractivity contribution in [2.24, 2.45) is 0 Å². The maximum atomic E-state index is 12.4. The van der Waals surface area contributed by atoms with E-state index in [0.717, 1.165) is 16.2 Å². The van der Waals surface area contributed by atoms with Crippen molar-refractivity contribution in [3.8, 4) is 5.75 Å². The van der Waals surface area contributed by atoms with Gasteiger partial charge < -0.3 is 10.1 Å². The molecule has 3 amide bonds. The van der Waals surface area contributed by atoms with E-state index in [1.165, 1.54) is 18.2 Å². The van der Waals surface area contributed by atoms with Crippen molar-refractivity contribution in [3.05, 3.63) is 77.4 Å². The lowest BCUT2D eigenvalue weighted by atomic mass is 10.1. The Morgan fingerprint density at radius 1 is 1.12 bits per heavy atom. The van der Waals surface area contributed by atoms with E-state index in [1.54, 1.807) is 13.2 Å². The van der Waals surface area contributed by atoms with E-state index >= 15 is 0 Å². The molecule has 0 aromatic heterocycles. The van der Waals surface area contributed by atoms with E-state index in [9.17, 15) is 14.4 Å². The Labute approximate surface area is 151 Å². The zero-order chi connectivity index (χ0) is 18.7. The third-order valence-electron chi connectivity index (χ3n) is 4.16. The van der Waals surface area contributed by atoms with Gasteiger partial charge in [-0.1, -0.05) is 18.2 Å². The van der Waals surface area contributed by atoms with Crippen LogP contribution in [0.2, 0.25) is 0 Å². The Balaban J connectivity index is 1.72. The van der Waals surface area contributed by atoms with Crippen LogP contribution in [0.1, 0.15) is 36.6 Å². The number of ether oxygens (including phenoxy) is 1. The lowest BCUT2D eigenvalue weighted by Crippen LogP contribution is -2.29. The number of amides is 3. The lowest BCUT2D eigenvalue weighted by Gasteiger charge is -2.09. The standard InChI is InChI=1S/C20H18N2O4/c1-3-10-22-19(24)16-9-6-14(11-17(16)20(22)25)18(23)21-12-13-4-7-15(26-2)8-5-13/h3-9,11H,1,10,12H2,2H3,(H,21,23). The van der Waals surface area contributed by atoms with Gasteiger partial charge >= 0.3 is 0 Å². The van der Waals surface area contributed by atoms with Gasteiger partial charge in [0.15, 0.2) is 0 Å². The topological polar surface area (TPSA) is 75.7 Å². The number of hydrogen-bond acceptors (Lipinski definition) is 4. The first-order valence-corrected chi connectivity index (χ1v) is 8.07. The molecule has 0 saturated heterocycles. The van der Waals surface area contributed by atoms with Crippen molar-refractivity contribution in [2.45, 2.75) is 6.54 Å². The molecule has 6 nitrogen and oxygen atoms in total. The molecule has 1 N–H and O–H groups in total. The van der Waals surface area contributed by atoms with E-state index < -0.39 is 5.91 Å². The summed E-state index contributed by atoms with van der Waals surface area (Å²) < 4.78 is 5.09. The summed E-state index contributed by atoms with van der Waals surface area (Å²) in [5.74, 6) is -0.346. The molecule has 1 heterocycles. The average molecular weight is 350 g/mol. The molecule has 0 spiro atoms. The monoisotopic (exact) mass is 350 g/mol. The first-order chi connectivity index (χ1) is 12.5. The van der Waals surface area contributed by atoms with Crippen molar-refractivity contribution in [1.29, 1.82) is 0 Å². The van der Waals surface area contributed by atoms with Gasteiger partial charge in [-0.2, -0.15) is 0 Å². The van der Waals surface area contributed by atoms with Gasteiger partial charge in [-0.05, 0) is 35.9 Å². The van der Waals surface area contributed by atoms with Crippen molar-refractivity contribution >= 4 is 17.7 Å². The van der Waals surface area contributed by atoms with Crippen molar-refractivity contribution in [3.63, 3.8) is 0 Å². The van der Waals surface area contributed by atoms with Gasteiger partial charge in [-0.25, -0.2) is 0 Å². The lowest BCUT2D eigenvalue weighted by molar-refractivity contribution is 0.0672. The molecule has 132 valence electrons. The zero-order valence-corrected chi connectivity index (χ0v) is 14.3. The number of fused-ring (bicyclic) bond motifs is 1. The van der Waals surface area contributed by atoms with Gasteiger partial charge in [0.25, 0.3) is 17.7 Å². The summed E-state index contributed by atoms with van der Waals surface area (Å²) in [6, 6.07) is 11.9. The number of imide groups is 1. The molecule has 0 aliphatic carbocycles. The molecule has 0 atom stereocenters. The summed E-state index contributed by atoms with van der Waals surface area (Å²) in [5, 5.41) is 2.80. The van der Waals surface area contributed by atoms with Gasteiger partial charge in [-0.3, -0.25) is 19.3 Å². The minimum atomic E-state index is -0.408. The second-order valence-corrected chi connectivity index (χ2v) is 5.80.